The molecule has 3 aliphatic rings. The minimum absolute atomic E-state index is 0.0111. The van der Waals surface area contributed by atoms with Crippen LogP contribution in [0.1, 0.15) is 121 Å². The van der Waals surface area contributed by atoms with Gasteiger partial charge in [0.1, 0.15) is 112 Å². The summed E-state index contributed by atoms with van der Waals surface area (Å²) in [4.78, 5) is 147. The molecule has 0 aliphatic carbocycles. The van der Waals surface area contributed by atoms with Gasteiger partial charge in [0.15, 0.2) is 37.3 Å². The van der Waals surface area contributed by atoms with Crippen molar-refractivity contribution in [2.24, 2.45) is 34.4 Å². The fraction of sp³-hybridized carbons (Fsp3) is 0.676. The van der Waals surface area contributed by atoms with Crippen LogP contribution >= 0.6 is 22.7 Å². The van der Waals surface area contributed by atoms with Crippen LogP contribution in [0.3, 0.4) is 0 Å². The number of primary amides is 3. The zero-order valence-electron chi connectivity index (χ0n) is 65.5. The number of thiazole rings is 2. The van der Waals surface area contributed by atoms with Crippen LogP contribution in [0.15, 0.2) is 23.3 Å². The largest absolute Gasteiger partial charge is 0.441 e. The molecule has 0 saturated carbocycles. The summed E-state index contributed by atoms with van der Waals surface area (Å²) in [6, 6.07) is -10.3. The Kier molecular flexibility index (Phi) is 38.3. The van der Waals surface area contributed by atoms with Gasteiger partial charge < -0.3 is 182 Å². The van der Waals surface area contributed by atoms with E-state index in [2.05, 4.69) is 67.1 Å². The van der Waals surface area contributed by atoms with Crippen molar-refractivity contribution in [1.29, 1.82) is 0 Å². The Morgan fingerprint density at radius 1 is 0.683 bits per heavy atom. The van der Waals surface area contributed by atoms with E-state index in [0.717, 1.165) is 49.0 Å². The maximum atomic E-state index is 15.3. The molecule has 26 atom stereocenters. The minimum Gasteiger partial charge on any atom is -0.441 e. The lowest BCUT2D eigenvalue weighted by molar-refractivity contribution is -0.372. The standard InChI is InChI=1S/C68H109N21O29S2/c1-25-42(85-57(87-55(25)73)31(16-38(71)96)79-18-30(70)56(74)106)59(108)86-44(52(32-19-76-24-80-32)115-67-54(48(102)45(99)36(20-92)114-67)116-66-50(104)53(117-68(75)111)46(100)37(21-93)113-66)61(110)81-26(2)35(95)17-40(98)84-43(27(3)94)60(109)88-62(118-65-49(103)47(101)41(72)28(4)112-65)51(105)64-83-34(23-120-64)63-82-33(22-119-63)58(107)78-8-5-7-29(69)15-39(97)77-9-6-10-89(11-13-90)12-14-91/h19,22-24,26-31,35-37,41,43-54,62,65-67,79,90-95,99-105H,5-18,20-21,69-70,72H2,1-4H3,(H2,71,96)(H2,74,106)(H2,75,111)(H,76,80)(H,77,97)(H,78,107)(H,81,110)(H,84,98)(H,86,108)(H,88,109)(H2,73,85,87). The molecule has 35 N–H and O–H groups in total. The summed E-state index contributed by atoms with van der Waals surface area (Å²) in [5.41, 5.74) is 39.5. The Labute approximate surface area is 692 Å². The van der Waals surface area contributed by atoms with E-state index >= 15 is 9.59 Å². The maximum absolute atomic E-state index is 15.3. The predicted octanol–water partition coefficient (Wildman–Crippen LogP) is -12.3. The molecule has 3 aliphatic heterocycles. The van der Waals surface area contributed by atoms with Crippen molar-refractivity contribution < 1.29 is 143 Å². The lowest BCUT2D eigenvalue weighted by Crippen LogP contribution is -2.65. The second kappa shape index (κ2) is 46.6. The highest BCUT2D eigenvalue weighted by atomic mass is 32.1. The van der Waals surface area contributed by atoms with Crippen molar-refractivity contribution in [2.75, 3.05) is 71.4 Å². The molecular weight excluding hydrogens is 1640 g/mol. The second-order valence-corrected chi connectivity index (χ2v) is 30.4. The maximum Gasteiger partial charge on any atom is 0.404 e. The molecule has 3 fully saturated rings. The molecule has 0 spiro atoms. The number of carbonyl (C=O) groups excluding carboxylic acids is 9. The van der Waals surface area contributed by atoms with Gasteiger partial charge >= 0.3 is 6.09 Å². The van der Waals surface area contributed by atoms with Crippen LogP contribution in [0, 0.1) is 6.92 Å². The molecule has 52 heteroatoms. The Bertz CT molecular complexity index is 3990. The lowest BCUT2D eigenvalue weighted by Gasteiger charge is -2.47. The third-order valence-corrected chi connectivity index (χ3v) is 21.2. The number of nitrogens with two attached hydrogens (primary N) is 7. The number of nitrogens with one attached hydrogen (secondary N) is 8. The predicted molar refractivity (Wildman–Crippen MR) is 411 cm³/mol. The second-order valence-electron chi connectivity index (χ2n) is 28.6. The Hall–Kier alpha value is -8.58. The third kappa shape index (κ3) is 27.2. The number of carbonyl (C=O) groups is 9. The zero-order chi connectivity index (χ0) is 88.7. The number of hydrogen-bond acceptors (Lipinski definition) is 42. The van der Waals surface area contributed by atoms with Gasteiger partial charge in [0.25, 0.3) is 11.8 Å². The lowest BCUT2D eigenvalue weighted by atomic mass is 9.97. The highest BCUT2D eigenvalue weighted by Gasteiger charge is 2.54. The van der Waals surface area contributed by atoms with Crippen molar-refractivity contribution in [3.8, 4) is 10.7 Å². The van der Waals surface area contributed by atoms with E-state index in [1.165, 1.54) is 24.6 Å². The number of nitrogens with zero attached hydrogens (tertiary/aromatic N) is 6. The Balaban J connectivity index is 1.11. The van der Waals surface area contributed by atoms with Crippen LogP contribution in [0.5, 0.6) is 0 Å². The number of nitrogen functional groups attached to an aromatic ring is 1. The summed E-state index contributed by atoms with van der Waals surface area (Å²) < 4.78 is 40.4. The topological polar surface area (TPSA) is 831 Å². The number of aliphatic hydroxyl groups excluding tert-OH is 13. The van der Waals surface area contributed by atoms with Gasteiger partial charge in [0.05, 0.1) is 93.5 Å². The van der Waals surface area contributed by atoms with E-state index in [9.17, 15) is 99.9 Å². The van der Waals surface area contributed by atoms with Crippen LogP contribution in [0.25, 0.3) is 10.7 Å². The van der Waals surface area contributed by atoms with E-state index in [-0.39, 0.29) is 64.7 Å². The molecule has 7 rings (SSSR count). The van der Waals surface area contributed by atoms with Crippen molar-refractivity contribution in [2.45, 2.75) is 225 Å². The van der Waals surface area contributed by atoms with Gasteiger partial charge in [-0.1, -0.05) is 0 Å². The molecule has 7 heterocycles. The molecule has 50 nitrogen and oxygen atoms in total. The first-order valence-electron chi connectivity index (χ1n) is 37.9. The summed E-state index contributed by atoms with van der Waals surface area (Å²) >= 11 is 1.81. The molecule has 120 heavy (non-hydrogen) atoms. The van der Waals surface area contributed by atoms with Crippen molar-refractivity contribution in [3.05, 3.63) is 56.8 Å². The van der Waals surface area contributed by atoms with Gasteiger partial charge in [-0.15, -0.1) is 22.7 Å². The number of aromatic nitrogens is 6. The van der Waals surface area contributed by atoms with Crippen LogP contribution in [0.2, 0.25) is 0 Å². The van der Waals surface area contributed by atoms with Gasteiger partial charge in [0.2, 0.25) is 35.4 Å². The van der Waals surface area contributed by atoms with Crippen LogP contribution in [-0.4, -0.2) is 361 Å². The van der Waals surface area contributed by atoms with Crippen molar-refractivity contribution in [3.63, 3.8) is 0 Å². The van der Waals surface area contributed by atoms with Crippen LogP contribution in [0.4, 0.5) is 10.6 Å². The monoisotopic (exact) mass is 1750 g/mol. The normalized spacial score (nSPS) is 26.0. The quantitative estimate of drug-likeness (QED) is 0.0144. The Morgan fingerprint density at radius 2 is 1.35 bits per heavy atom. The number of imidazole rings is 1. The summed E-state index contributed by atoms with van der Waals surface area (Å²) in [7, 11) is 0. The molecule has 26 unspecified atom stereocenters. The number of aromatic amines is 1. The van der Waals surface area contributed by atoms with Crippen molar-refractivity contribution >= 4 is 81.8 Å². The molecule has 0 aromatic carbocycles. The number of amides is 9. The van der Waals surface area contributed by atoms with Gasteiger partial charge in [-0.25, -0.2) is 29.7 Å². The zero-order valence-corrected chi connectivity index (χ0v) is 67.2. The Morgan fingerprint density at radius 3 is 1.98 bits per heavy atom. The van der Waals surface area contributed by atoms with Gasteiger partial charge in [-0.05, 0) is 53.5 Å². The average molecular weight is 1750 g/mol. The van der Waals surface area contributed by atoms with E-state index in [4.69, 9.17) is 73.3 Å². The van der Waals surface area contributed by atoms with Gasteiger partial charge in [-0.2, -0.15) is 0 Å². The average Bonchev–Trinajstić information content (AvgIpc) is 0.911. The number of H-pyrrole nitrogens is 1. The summed E-state index contributed by atoms with van der Waals surface area (Å²) in [6.07, 6.45) is -36.8. The summed E-state index contributed by atoms with van der Waals surface area (Å²) in [6.45, 7) is 4.12. The first-order valence-corrected chi connectivity index (χ1v) is 39.6. The molecule has 0 radical (unpaired) electrons. The van der Waals surface area contributed by atoms with E-state index in [0.29, 0.717) is 45.4 Å². The fourth-order valence-corrected chi connectivity index (χ4v) is 14.2. The fourth-order valence-electron chi connectivity index (χ4n) is 12.5. The smallest absolute Gasteiger partial charge is 0.404 e. The van der Waals surface area contributed by atoms with E-state index in [1.807, 2.05) is 4.90 Å². The number of anilines is 1. The van der Waals surface area contributed by atoms with Crippen LogP contribution < -0.4 is 77.4 Å². The first kappa shape index (κ1) is 98.5. The number of ether oxygens (including phenoxy) is 7. The number of aliphatic hydroxyl groups is 13. The van der Waals surface area contributed by atoms with E-state index < -0.39 is 256 Å². The summed E-state index contributed by atoms with van der Waals surface area (Å²) in [5.74, 6) is -8.77. The van der Waals surface area contributed by atoms with Gasteiger partial charge in [0, 0.05) is 67.9 Å². The molecule has 0 bridgehead atoms. The van der Waals surface area contributed by atoms with Crippen LogP contribution in [-0.2, 0) is 61.9 Å². The SMILES string of the molecule is Cc1c(N)nc(C(CC(N)=O)NCC(N)C(N)=O)nc1C(=O)NC(C(=O)NC(C)C(O)CC(=O)NC(C(=O)NC(OC1OC(C)C(N)C(O)C1O)C(O)c1nc(-c2nc(C(=O)NCCCC(N)CC(=O)NCCCN(CCO)CCO)cs2)cs1)C(C)O)C(OC1OC(CO)C(O)C(O)C1OC1OC(CO)C(O)C(OC(N)=O)C1O)c1cnc[nH]1. The molecule has 4 aromatic heterocycles. The minimum atomic E-state index is -2.28. The van der Waals surface area contributed by atoms with Gasteiger partial charge in [-0.3, -0.25) is 43.3 Å². The molecule has 3 saturated heterocycles. The third-order valence-electron chi connectivity index (χ3n) is 19.5. The number of rotatable bonds is 47. The summed E-state index contributed by atoms with van der Waals surface area (Å²) in [5, 5.41) is 162. The molecule has 672 valence electrons. The molecule has 9 amide bonds. The number of hydrogen-bond donors (Lipinski definition) is 28. The van der Waals surface area contributed by atoms with Crippen molar-refractivity contribution in [1.82, 2.24) is 72.0 Å². The highest BCUT2D eigenvalue weighted by molar-refractivity contribution is 7.14. The molecular formula is C68H109N21O29S2. The highest BCUT2D eigenvalue weighted by Crippen LogP contribution is 2.36. The van der Waals surface area contributed by atoms with E-state index in [1.54, 1.807) is 0 Å². The first-order chi connectivity index (χ1) is 56.8. The molecule has 4 aromatic rings.